The number of phenols is 1. The molecule has 3 rings (SSSR count). The number of esters is 2. The van der Waals surface area contributed by atoms with Crippen molar-refractivity contribution in [3.63, 3.8) is 0 Å². The molecule has 1 aromatic carbocycles. The lowest BCUT2D eigenvalue weighted by molar-refractivity contribution is -0.169. The molecule has 1 saturated heterocycles. The van der Waals surface area contributed by atoms with Crippen LogP contribution in [0.4, 0.5) is 0 Å². The number of hydrogen-bond acceptors (Lipinski definition) is 8. The van der Waals surface area contributed by atoms with Crippen LogP contribution in [-0.2, 0) is 28.5 Å². The zero-order valence-corrected chi connectivity index (χ0v) is 18.2. The second-order valence-electron chi connectivity index (χ2n) is 9.60. The summed E-state index contributed by atoms with van der Waals surface area (Å²) in [5.74, 6) is -0.317. The van der Waals surface area contributed by atoms with E-state index in [0.717, 1.165) is 0 Å². The summed E-state index contributed by atoms with van der Waals surface area (Å²) in [4.78, 5) is 29.1. The van der Waals surface area contributed by atoms with Crippen LogP contribution in [0.2, 0.25) is 0 Å². The molecule has 2 heterocycles. The predicted octanol–water partition coefficient (Wildman–Crippen LogP) is 2.81. The molecule has 0 aliphatic carbocycles. The number of rotatable bonds is 4. The SMILES string of the molecule is CC(C)(C)C(=O)OC[C@H]1O[C@@H]2N=C(c3ccc(O)cc3)O[C@@H]2[C@H]1OC(=O)C(C)(C)C. The largest absolute Gasteiger partial charge is 0.508 e. The highest BCUT2D eigenvalue weighted by Crippen LogP contribution is 2.35. The van der Waals surface area contributed by atoms with Gasteiger partial charge in [0.05, 0.1) is 10.8 Å². The van der Waals surface area contributed by atoms with E-state index in [1.807, 2.05) is 0 Å². The second-order valence-corrected chi connectivity index (χ2v) is 9.60. The lowest BCUT2D eigenvalue weighted by Gasteiger charge is -2.26. The van der Waals surface area contributed by atoms with Gasteiger partial charge in [-0.25, -0.2) is 4.99 Å². The molecule has 0 saturated carbocycles. The molecule has 1 aromatic rings. The number of benzene rings is 1. The predicted molar refractivity (Wildman–Crippen MR) is 108 cm³/mol. The van der Waals surface area contributed by atoms with Crippen molar-refractivity contribution in [2.75, 3.05) is 6.61 Å². The van der Waals surface area contributed by atoms with E-state index in [9.17, 15) is 14.7 Å². The molecule has 30 heavy (non-hydrogen) atoms. The summed E-state index contributed by atoms with van der Waals surface area (Å²) < 4.78 is 23.0. The molecule has 164 valence electrons. The first-order valence-corrected chi connectivity index (χ1v) is 9.94. The Kier molecular flexibility index (Phi) is 5.82. The molecule has 0 bridgehead atoms. The number of carbonyl (C=O) groups excluding carboxylic acids is 2. The van der Waals surface area contributed by atoms with Crippen molar-refractivity contribution < 1.29 is 33.6 Å². The Hall–Kier alpha value is -2.61. The van der Waals surface area contributed by atoms with Crippen molar-refractivity contribution in [1.29, 1.82) is 0 Å². The minimum Gasteiger partial charge on any atom is -0.508 e. The third-order valence-corrected chi connectivity index (χ3v) is 4.74. The highest BCUT2D eigenvalue weighted by molar-refractivity contribution is 5.95. The Morgan fingerprint density at radius 2 is 1.63 bits per heavy atom. The first-order valence-electron chi connectivity index (χ1n) is 9.94. The molecule has 0 amide bonds. The van der Waals surface area contributed by atoms with Crippen LogP contribution in [0.3, 0.4) is 0 Å². The van der Waals surface area contributed by atoms with Crippen LogP contribution >= 0.6 is 0 Å². The van der Waals surface area contributed by atoms with Crippen molar-refractivity contribution in [3.05, 3.63) is 29.8 Å². The monoisotopic (exact) mass is 419 g/mol. The lowest BCUT2D eigenvalue weighted by Crippen LogP contribution is -2.42. The van der Waals surface area contributed by atoms with Gasteiger partial charge >= 0.3 is 11.9 Å². The number of aromatic hydroxyl groups is 1. The Labute approximate surface area is 176 Å². The summed E-state index contributed by atoms with van der Waals surface area (Å²) in [6.07, 6.45) is -2.82. The number of fused-ring (bicyclic) bond motifs is 1. The van der Waals surface area contributed by atoms with Gasteiger partial charge in [0.15, 0.2) is 18.4 Å². The molecule has 0 aromatic heterocycles. The Balaban J connectivity index is 1.77. The first-order chi connectivity index (χ1) is 13.9. The van der Waals surface area contributed by atoms with Gasteiger partial charge in [-0.05, 0) is 65.8 Å². The Morgan fingerprint density at radius 1 is 1.03 bits per heavy atom. The van der Waals surface area contributed by atoms with Crippen LogP contribution in [0.1, 0.15) is 47.1 Å². The van der Waals surface area contributed by atoms with E-state index in [-0.39, 0.29) is 18.3 Å². The van der Waals surface area contributed by atoms with E-state index in [1.54, 1.807) is 53.7 Å². The van der Waals surface area contributed by atoms with E-state index in [4.69, 9.17) is 18.9 Å². The maximum absolute atomic E-state index is 12.5. The summed E-state index contributed by atoms with van der Waals surface area (Å²) in [5.41, 5.74) is -0.709. The fraction of sp³-hybridized carbons (Fsp3) is 0.591. The third kappa shape index (κ3) is 4.75. The molecule has 4 atom stereocenters. The van der Waals surface area contributed by atoms with Gasteiger partial charge in [0, 0.05) is 5.56 Å². The smallest absolute Gasteiger partial charge is 0.311 e. The van der Waals surface area contributed by atoms with Gasteiger partial charge in [0.2, 0.25) is 5.90 Å². The molecular weight excluding hydrogens is 390 g/mol. The van der Waals surface area contributed by atoms with Crippen LogP contribution in [-0.4, -0.2) is 54.1 Å². The van der Waals surface area contributed by atoms with Gasteiger partial charge < -0.3 is 24.1 Å². The number of phenolic OH excluding ortho intramolecular Hbond substituents is 1. The van der Waals surface area contributed by atoms with Crippen molar-refractivity contribution >= 4 is 17.8 Å². The highest BCUT2D eigenvalue weighted by Gasteiger charge is 2.53. The quantitative estimate of drug-likeness (QED) is 0.749. The number of carbonyl (C=O) groups is 2. The zero-order valence-electron chi connectivity index (χ0n) is 18.2. The van der Waals surface area contributed by atoms with Crippen molar-refractivity contribution in [2.45, 2.75) is 66.1 Å². The van der Waals surface area contributed by atoms with Crippen molar-refractivity contribution in [1.82, 2.24) is 0 Å². The van der Waals surface area contributed by atoms with Gasteiger partial charge in [0.1, 0.15) is 18.5 Å². The summed E-state index contributed by atoms with van der Waals surface area (Å²) in [5, 5.41) is 9.47. The summed E-state index contributed by atoms with van der Waals surface area (Å²) in [6.45, 7) is 10.5. The summed E-state index contributed by atoms with van der Waals surface area (Å²) in [6, 6.07) is 6.41. The summed E-state index contributed by atoms with van der Waals surface area (Å²) in [7, 11) is 0. The topological polar surface area (TPSA) is 104 Å². The van der Waals surface area contributed by atoms with Gasteiger partial charge in [-0.15, -0.1) is 0 Å². The maximum Gasteiger partial charge on any atom is 0.311 e. The standard InChI is InChI=1S/C22H29NO7/c1-21(2,3)19(25)27-11-14-15(30-20(26)22(4,5)6)16-18(28-14)23-17(29-16)12-7-9-13(24)10-8-12/h7-10,14-16,18,24H,11H2,1-6H3/t14-,15+,16-,18+/m1/s1. The minimum absolute atomic E-state index is 0.0708. The number of aliphatic imine (C=N–C) groups is 1. The molecule has 2 aliphatic rings. The zero-order chi connectivity index (χ0) is 22.3. The average molecular weight is 419 g/mol. The first kappa shape index (κ1) is 22.1. The fourth-order valence-corrected chi connectivity index (χ4v) is 2.91. The van der Waals surface area contributed by atoms with E-state index in [2.05, 4.69) is 4.99 Å². The van der Waals surface area contributed by atoms with E-state index in [1.165, 1.54) is 12.1 Å². The molecule has 8 nitrogen and oxygen atoms in total. The van der Waals surface area contributed by atoms with Crippen LogP contribution in [0.15, 0.2) is 29.3 Å². The maximum atomic E-state index is 12.5. The Morgan fingerprint density at radius 3 is 2.20 bits per heavy atom. The lowest BCUT2D eigenvalue weighted by atomic mass is 9.97. The van der Waals surface area contributed by atoms with Gasteiger partial charge in [-0.1, -0.05) is 0 Å². The van der Waals surface area contributed by atoms with E-state index in [0.29, 0.717) is 11.5 Å². The highest BCUT2D eigenvalue weighted by atomic mass is 16.7. The molecule has 1 fully saturated rings. The molecule has 1 N–H and O–H groups in total. The number of ether oxygens (including phenoxy) is 4. The van der Waals surface area contributed by atoms with E-state index >= 15 is 0 Å². The number of nitrogens with zero attached hydrogens (tertiary/aromatic N) is 1. The van der Waals surface area contributed by atoms with Crippen LogP contribution in [0.25, 0.3) is 0 Å². The molecule has 8 heteroatoms. The minimum atomic E-state index is -0.784. The summed E-state index contributed by atoms with van der Waals surface area (Å²) >= 11 is 0. The van der Waals surface area contributed by atoms with Crippen LogP contribution in [0.5, 0.6) is 5.75 Å². The average Bonchev–Trinajstić information content (AvgIpc) is 3.17. The van der Waals surface area contributed by atoms with Gasteiger partial charge in [-0.3, -0.25) is 9.59 Å². The fourth-order valence-electron chi connectivity index (χ4n) is 2.91. The molecule has 0 spiro atoms. The Bertz CT molecular complexity index is 833. The molecule has 2 aliphatic heterocycles. The molecule has 0 radical (unpaired) electrons. The van der Waals surface area contributed by atoms with Gasteiger partial charge in [-0.2, -0.15) is 0 Å². The number of hydrogen-bond donors (Lipinski definition) is 1. The molecule has 0 unspecified atom stereocenters. The van der Waals surface area contributed by atoms with Crippen molar-refractivity contribution in [3.8, 4) is 5.75 Å². The van der Waals surface area contributed by atoms with Crippen LogP contribution in [0, 0.1) is 10.8 Å². The second kappa shape index (κ2) is 7.91. The van der Waals surface area contributed by atoms with E-state index < -0.39 is 41.3 Å². The van der Waals surface area contributed by atoms with Crippen molar-refractivity contribution in [2.24, 2.45) is 15.8 Å². The normalized spacial score (nSPS) is 25.9. The third-order valence-electron chi connectivity index (χ3n) is 4.74. The van der Waals surface area contributed by atoms with Crippen LogP contribution < -0.4 is 0 Å². The molecular formula is C22H29NO7. The van der Waals surface area contributed by atoms with Gasteiger partial charge in [0.25, 0.3) is 0 Å².